The lowest BCUT2D eigenvalue weighted by atomic mass is 10.2. The number of nitrogens with two attached hydrogens (primary N) is 1. The third-order valence-corrected chi connectivity index (χ3v) is 3.34. The summed E-state index contributed by atoms with van der Waals surface area (Å²) in [5.41, 5.74) is 7.03. The Balaban J connectivity index is 1.75. The predicted octanol–water partition coefficient (Wildman–Crippen LogP) is 2.60. The zero-order valence-electron chi connectivity index (χ0n) is 12.0. The fraction of sp³-hybridized carbons (Fsp3) is 0.0625. The standard InChI is InChI=1S/C16H13ClN4O2/c17-11-6-7-15(14(8-11)16(18)22)23-10-12-9-19-21(20-12)13-4-2-1-3-5-13/h1-9H,10H2,(H2,18,22). The van der Waals surface area contributed by atoms with E-state index in [4.69, 9.17) is 22.1 Å². The molecule has 23 heavy (non-hydrogen) atoms. The second-order valence-electron chi connectivity index (χ2n) is 4.75. The van der Waals surface area contributed by atoms with Crippen LogP contribution in [0.4, 0.5) is 0 Å². The number of hydrogen-bond donors (Lipinski definition) is 1. The number of ether oxygens (including phenoxy) is 1. The normalized spacial score (nSPS) is 10.5. The maximum atomic E-state index is 11.4. The van der Waals surface area contributed by atoms with Crippen molar-refractivity contribution < 1.29 is 9.53 Å². The van der Waals surface area contributed by atoms with Gasteiger partial charge in [-0.2, -0.15) is 9.90 Å². The van der Waals surface area contributed by atoms with Gasteiger partial charge in [0, 0.05) is 5.02 Å². The number of aromatic nitrogens is 3. The van der Waals surface area contributed by atoms with Crippen LogP contribution in [0.25, 0.3) is 5.69 Å². The lowest BCUT2D eigenvalue weighted by Crippen LogP contribution is -2.13. The van der Waals surface area contributed by atoms with E-state index in [1.807, 2.05) is 30.3 Å². The van der Waals surface area contributed by atoms with Gasteiger partial charge in [0.25, 0.3) is 5.91 Å². The van der Waals surface area contributed by atoms with E-state index in [9.17, 15) is 4.79 Å². The van der Waals surface area contributed by atoms with Gasteiger partial charge in [0.2, 0.25) is 0 Å². The molecule has 7 heteroatoms. The quantitative estimate of drug-likeness (QED) is 0.780. The molecule has 0 saturated heterocycles. The van der Waals surface area contributed by atoms with Gasteiger partial charge in [0.1, 0.15) is 18.1 Å². The minimum atomic E-state index is -0.601. The van der Waals surface area contributed by atoms with Gasteiger partial charge in [-0.25, -0.2) is 0 Å². The fourth-order valence-electron chi connectivity index (χ4n) is 2.02. The third-order valence-electron chi connectivity index (χ3n) is 3.11. The van der Waals surface area contributed by atoms with E-state index in [0.29, 0.717) is 16.5 Å². The Morgan fingerprint density at radius 3 is 2.74 bits per heavy atom. The largest absolute Gasteiger partial charge is 0.486 e. The van der Waals surface area contributed by atoms with Crippen LogP contribution in [-0.4, -0.2) is 20.9 Å². The van der Waals surface area contributed by atoms with E-state index in [0.717, 1.165) is 5.69 Å². The molecule has 3 rings (SSSR count). The Labute approximate surface area is 137 Å². The maximum Gasteiger partial charge on any atom is 0.252 e. The summed E-state index contributed by atoms with van der Waals surface area (Å²) < 4.78 is 5.61. The van der Waals surface area contributed by atoms with Gasteiger partial charge < -0.3 is 10.5 Å². The molecule has 2 aromatic carbocycles. The Morgan fingerprint density at radius 1 is 1.22 bits per heavy atom. The lowest BCUT2D eigenvalue weighted by molar-refractivity contribution is 0.0996. The number of carbonyl (C=O) groups is 1. The number of hydrogen-bond acceptors (Lipinski definition) is 4. The molecule has 1 heterocycles. The van der Waals surface area contributed by atoms with Crippen molar-refractivity contribution in [2.24, 2.45) is 5.73 Å². The first-order valence-electron chi connectivity index (χ1n) is 6.82. The van der Waals surface area contributed by atoms with Gasteiger partial charge in [-0.3, -0.25) is 4.79 Å². The highest BCUT2D eigenvalue weighted by Gasteiger charge is 2.11. The van der Waals surface area contributed by atoms with Crippen molar-refractivity contribution in [3.8, 4) is 11.4 Å². The van der Waals surface area contributed by atoms with E-state index in [-0.39, 0.29) is 12.2 Å². The average Bonchev–Trinajstić information content (AvgIpc) is 3.03. The van der Waals surface area contributed by atoms with E-state index < -0.39 is 5.91 Å². The monoisotopic (exact) mass is 328 g/mol. The Morgan fingerprint density at radius 2 is 2.00 bits per heavy atom. The first-order chi connectivity index (χ1) is 11.1. The van der Waals surface area contributed by atoms with Crippen molar-refractivity contribution in [1.29, 1.82) is 0 Å². The van der Waals surface area contributed by atoms with E-state index in [2.05, 4.69) is 10.2 Å². The molecule has 0 fully saturated rings. The molecule has 0 radical (unpaired) electrons. The van der Waals surface area contributed by atoms with Gasteiger partial charge in [-0.1, -0.05) is 29.8 Å². The summed E-state index contributed by atoms with van der Waals surface area (Å²) in [6, 6.07) is 14.2. The Hall–Kier alpha value is -2.86. The van der Waals surface area contributed by atoms with Crippen LogP contribution in [0.1, 0.15) is 16.1 Å². The summed E-state index contributed by atoms with van der Waals surface area (Å²) in [5.74, 6) is -0.244. The third kappa shape index (κ3) is 3.49. The highest BCUT2D eigenvalue weighted by molar-refractivity contribution is 6.31. The number of amides is 1. The zero-order valence-corrected chi connectivity index (χ0v) is 12.8. The molecule has 0 aliphatic rings. The molecule has 0 saturated carbocycles. The SMILES string of the molecule is NC(=O)c1cc(Cl)ccc1OCc1cnn(-c2ccccc2)n1. The lowest BCUT2D eigenvalue weighted by Gasteiger charge is -2.08. The first kappa shape index (κ1) is 15.1. The van der Waals surface area contributed by atoms with Gasteiger partial charge in [-0.15, -0.1) is 5.10 Å². The number of benzene rings is 2. The molecule has 1 amide bonds. The predicted molar refractivity (Wildman–Crippen MR) is 85.7 cm³/mol. The molecule has 0 unspecified atom stereocenters. The molecule has 1 aromatic heterocycles. The molecular formula is C16H13ClN4O2. The van der Waals surface area contributed by atoms with Crippen LogP contribution in [0.15, 0.2) is 54.7 Å². The van der Waals surface area contributed by atoms with E-state index >= 15 is 0 Å². The van der Waals surface area contributed by atoms with Crippen LogP contribution in [0, 0.1) is 0 Å². The summed E-state index contributed by atoms with van der Waals surface area (Å²) in [5, 5.41) is 8.93. The van der Waals surface area contributed by atoms with Crippen molar-refractivity contribution >= 4 is 17.5 Å². The summed E-state index contributed by atoms with van der Waals surface area (Å²) in [7, 11) is 0. The van der Waals surface area contributed by atoms with Crippen molar-refractivity contribution in [3.63, 3.8) is 0 Å². The number of carbonyl (C=O) groups excluding carboxylic acids is 1. The number of primary amides is 1. The molecule has 0 bridgehead atoms. The minimum absolute atomic E-state index is 0.161. The average molecular weight is 329 g/mol. The molecule has 0 aliphatic heterocycles. The number of nitrogens with zero attached hydrogens (tertiary/aromatic N) is 3. The highest BCUT2D eigenvalue weighted by atomic mass is 35.5. The second-order valence-corrected chi connectivity index (χ2v) is 5.19. The van der Waals surface area contributed by atoms with Crippen LogP contribution in [0.5, 0.6) is 5.75 Å². The van der Waals surface area contributed by atoms with Crippen molar-refractivity contribution in [2.45, 2.75) is 6.61 Å². The van der Waals surface area contributed by atoms with Crippen LogP contribution in [0.3, 0.4) is 0 Å². The zero-order chi connectivity index (χ0) is 16.2. The molecule has 0 aliphatic carbocycles. The van der Waals surface area contributed by atoms with E-state index in [1.165, 1.54) is 10.9 Å². The minimum Gasteiger partial charge on any atom is -0.486 e. The smallest absolute Gasteiger partial charge is 0.252 e. The van der Waals surface area contributed by atoms with Gasteiger partial charge in [-0.05, 0) is 30.3 Å². The van der Waals surface area contributed by atoms with Crippen LogP contribution in [-0.2, 0) is 6.61 Å². The topological polar surface area (TPSA) is 83.0 Å². The molecular weight excluding hydrogens is 316 g/mol. The molecule has 2 N–H and O–H groups in total. The second kappa shape index (κ2) is 6.50. The van der Waals surface area contributed by atoms with Crippen LogP contribution >= 0.6 is 11.6 Å². The van der Waals surface area contributed by atoms with Gasteiger partial charge in [0.05, 0.1) is 17.4 Å². The van der Waals surface area contributed by atoms with Crippen LogP contribution < -0.4 is 10.5 Å². The molecule has 116 valence electrons. The molecule has 0 atom stereocenters. The maximum absolute atomic E-state index is 11.4. The fourth-order valence-corrected chi connectivity index (χ4v) is 2.19. The van der Waals surface area contributed by atoms with Gasteiger partial charge in [0.15, 0.2) is 0 Å². The summed E-state index contributed by atoms with van der Waals surface area (Å²) in [6.07, 6.45) is 1.60. The Bertz CT molecular complexity index is 833. The molecule has 0 spiro atoms. The van der Waals surface area contributed by atoms with Gasteiger partial charge >= 0.3 is 0 Å². The number of rotatable bonds is 5. The van der Waals surface area contributed by atoms with E-state index in [1.54, 1.807) is 18.3 Å². The van der Waals surface area contributed by atoms with Crippen molar-refractivity contribution in [2.75, 3.05) is 0 Å². The van der Waals surface area contributed by atoms with Crippen LogP contribution in [0.2, 0.25) is 5.02 Å². The number of para-hydroxylation sites is 1. The summed E-state index contributed by atoms with van der Waals surface area (Å²) in [6.45, 7) is 0.161. The molecule has 3 aromatic rings. The highest BCUT2D eigenvalue weighted by Crippen LogP contribution is 2.23. The first-order valence-corrected chi connectivity index (χ1v) is 7.20. The number of halogens is 1. The summed E-state index contributed by atoms with van der Waals surface area (Å²) in [4.78, 5) is 12.9. The van der Waals surface area contributed by atoms with Crippen molar-refractivity contribution in [3.05, 3.63) is 71.0 Å². The van der Waals surface area contributed by atoms with Crippen molar-refractivity contribution in [1.82, 2.24) is 15.0 Å². The molecule has 6 nitrogen and oxygen atoms in total. The summed E-state index contributed by atoms with van der Waals surface area (Å²) >= 11 is 5.86. The Kier molecular flexibility index (Phi) is 4.25.